The zero-order valence-electron chi connectivity index (χ0n) is 8.38. The molecule has 1 aliphatic heterocycles. The van der Waals surface area contributed by atoms with Crippen molar-refractivity contribution < 1.29 is 18.0 Å². The predicted molar refractivity (Wildman–Crippen MR) is 60.4 cm³/mol. The molecule has 0 spiro atoms. The van der Waals surface area contributed by atoms with E-state index in [0.717, 1.165) is 4.90 Å². The number of carbonyl (C=O) groups excluding carboxylic acids is 2. The highest BCUT2D eigenvalue weighted by Gasteiger charge is 2.31. The lowest BCUT2D eigenvalue weighted by molar-refractivity contribution is -0.117. The summed E-state index contributed by atoms with van der Waals surface area (Å²) < 4.78 is 22.6. The molecule has 0 aromatic heterocycles. The van der Waals surface area contributed by atoms with Gasteiger partial charge in [0.25, 0.3) is 9.05 Å². The van der Waals surface area contributed by atoms with Gasteiger partial charge < -0.3 is 0 Å². The van der Waals surface area contributed by atoms with Crippen molar-refractivity contribution in [3.05, 3.63) is 24.3 Å². The van der Waals surface area contributed by atoms with Gasteiger partial charge in [0.15, 0.2) is 0 Å². The highest BCUT2D eigenvalue weighted by atomic mass is 35.7. The van der Waals surface area contributed by atoms with E-state index in [1.165, 1.54) is 18.2 Å². The van der Waals surface area contributed by atoms with Crippen LogP contribution < -0.4 is 10.2 Å². The van der Waals surface area contributed by atoms with Gasteiger partial charge in [-0.2, -0.15) is 0 Å². The highest BCUT2D eigenvalue weighted by Crippen LogP contribution is 2.28. The molecule has 3 amide bonds. The summed E-state index contributed by atoms with van der Waals surface area (Å²) in [6, 6.07) is 5.05. The van der Waals surface area contributed by atoms with Gasteiger partial charge in [-0.15, -0.1) is 0 Å². The Labute approximate surface area is 102 Å². The molecule has 0 radical (unpaired) electrons. The van der Waals surface area contributed by atoms with E-state index in [1.807, 2.05) is 0 Å². The molecule has 90 valence electrons. The van der Waals surface area contributed by atoms with Gasteiger partial charge in [-0.05, 0) is 12.1 Å². The molecule has 1 aliphatic rings. The average Bonchev–Trinajstić information content (AvgIpc) is 2.56. The maximum absolute atomic E-state index is 11.4. The van der Waals surface area contributed by atoms with Crippen molar-refractivity contribution >= 4 is 37.4 Å². The van der Waals surface area contributed by atoms with E-state index >= 15 is 0 Å². The smallest absolute Gasteiger partial charge is 0.283 e. The number of urea groups is 1. The van der Waals surface area contributed by atoms with Gasteiger partial charge in [0.2, 0.25) is 5.91 Å². The molecule has 0 aliphatic carbocycles. The Morgan fingerprint density at radius 2 is 1.88 bits per heavy atom. The summed E-state index contributed by atoms with van der Waals surface area (Å²) in [5, 5.41) is 2.05. The third-order valence-corrected chi connectivity index (χ3v) is 3.58. The van der Waals surface area contributed by atoms with Crippen LogP contribution in [0.4, 0.5) is 10.5 Å². The lowest BCUT2D eigenvalue weighted by Gasteiger charge is -2.15. The van der Waals surface area contributed by atoms with E-state index in [2.05, 4.69) is 5.32 Å². The molecule has 6 nitrogen and oxygen atoms in total. The summed E-state index contributed by atoms with van der Waals surface area (Å²) in [4.78, 5) is 23.3. The van der Waals surface area contributed by atoms with Crippen molar-refractivity contribution in [2.75, 3.05) is 11.4 Å². The Morgan fingerprint density at radius 3 is 2.41 bits per heavy atom. The van der Waals surface area contributed by atoms with E-state index in [4.69, 9.17) is 10.7 Å². The first kappa shape index (κ1) is 11.9. The summed E-state index contributed by atoms with van der Waals surface area (Å²) in [5.41, 5.74) is 0.0888. The average molecular weight is 275 g/mol. The maximum Gasteiger partial charge on any atom is 0.329 e. The monoisotopic (exact) mass is 274 g/mol. The third kappa shape index (κ3) is 2.25. The fourth-order valence-electron chi connectivity index (χ4n) is 1.52. The second-order valence-electron chi connectivity index (χ2n) is 3.35. The minimum absolute atomic E-state index is 0.0888. The number of nitrogens with one attached hydrogen (secondary N) is 1. The minimum atomic E-state index is -3.97. The van der Waals surface area contributed by atoms with Crippen LogP contribution in [0.15, 0.2) is 29.2 Å². The Balaban J connectivity index is 2.54. The minimum Gasteiger partial charge on any atom is -0.283 e. The SMILES string of the molecule is O=C1CN(c2ccccc2S(=O)(=O)Cl)C(=O)N1. The van der Waals surface area contributed by atoms with Crippen LogP contribution in [0, 0.1) is 0 Å². The van der Waals surface area contributed by atoms with Gasteiger partial charge in [-0.25, -0.2) is 13.2 Å². The molecule has 1 N–H and O–H groups in total. The highest BCUT2D eigenvalue weighted by molar-refractivity contribution is 8.13. The number of halogens is 1. The second kappa shape index (κ2) is 4.01. The Hall–Kier alpha value is -1.60. The maximum atomic E-state index is 11.4. The van der Waals surface area contributed by atoms with E-state index in [1.54, 1.807) is 6.07 Å². The second-order valence-corrected chi connectivity index (χ2v) is 5.88. The van der Waals surface area contributed by atoms with Gasteiger partial charge in [0, 0.05) is 10.7 Å². The van der Waals surface area contributed by atoms with E-state index in [9.17, 15) is 18.0 Å². The standard InChI is InChI=1S/C9H7ClN2O4S/c10-17(15,16)7-4-2-1-3-6(7)12-5-8(13)11-9(12)14/h1-4H,5H2,(H,11,13,14). The fourth-order valence-corrected chi connectivity index (χ4v) is 2.58. The van der Waals surface area contributed by atoms with Crippen molar-refractivity contribution in [3.8, 4) is 0 Å². The van der Waals surface area contributed by atoms with Crippen molar-refractivity contribution in [2.24, 2.45) is 0 Å². The first-order valence-corrected chi connectivity index (χ1v) is 6.85. The van der Waals surface area contributed by atoms with Crippen LogP contribution in [0.1, 0.15) is 0 Å². The van der Waals surface area contributed by atoms with Crippen LogP contribution >= 0.6 is 10.7 Å². The zero-order valence-corrected chi connectivity index (χ0v) is 9.96. The van der Waals surface area contributed by atoms with Crippen LogP contribution in [0.5, 0.6) is 0 Å². The molecule has 0 saturated carbocycles. The molecule has 1 aromatic carbocycles. The third-order valence-electron chi connectivity index (χ3n) is 2.21. The summed E-state index contributed by atoms with van der Waals surface area (Å²) >= 11 is 0. The van der Waals surface area contributed by atoms with Gasteiger partial charge >= 0.3 is 6.03 Å². The molecule has 1 saturated heterocycles. The molecule has 1 aromatic rings. The number of imide groups is 1. The molecule has 0 unspecified atom stereocenters. The number of anilines is 1. The van der Waals surface area contributed by atoms with Crippen LogP contribution in [0.2, 0.25) is 0 Å². The Bertz CT molecular complexity index is 599. The number of hydrogen-bond donors (Lipinski definition) is 1. The Morgan fingerprint density at radius 1 is 1.24 bits per heavy atom. The van der Waals surface area contributed by atoms with Gasteiger partial charge in [-0.1, -0.05) is 12.1 Å². The topological polar surface area (TPSA) is 83.6 Å². The normalized spacial score (nSPS) is 16.2. The summed E-state index contributed by atoms with van der Waals surface area (Å²) in [6.07, 6.45) is 0. The van der Waals surface area contributed by atoms with Crippen LogP contribution in [0.3, 0.4) is 0 Å². The largest absolute Gasteiger partial charge is 0.329 e. The number of carbonyl (C=O) groups is 2. The fraction of sp³-hybridized carbons (Fsp3) is 0.111. The number of nitrogens with zero attached hydrogens (tertiary/aromatic N) is 1. The number of hydrogen-bond acceptors (Lipinski definition) is 4. The molecule has 1 heterocycles. The summed E-state index contributed by atoms with van der Waals surface area (Å²) in [7, 11) is 1.28. The molecule has 0 bridgehead atoms. The summed E-state index contributed by atoms with van der Waals surface area (Å²) in [5.74, 6) is -0.489. The quantitative estimate of drug-likeness (QED) is 0.635. The number of benzene rings is 1. The van der Waals surface area contributed by atoms with Crippen molar-refractivity contribution in [1.82, 2.24) is 5.32 Å². The first-order chi connectivity index (χ1) is 7.89. The molecule has 0 atom stereocenters. The number of rotatable bonds is 2. The van der Waals surface area contributed by atoms with Crippen LogP contribution in [0.25, 0.3) is 0 Å². The van der Waals surface area contributed by atoms with E-state index in [-0.39, 0.29) is 17.1 Å². The van der Waals surface area contributed by atoms with Crippen molar-refractivity contribution in [1.29, 1.82) is 0 Å². The first-order valence-electron chi connectivity index (χ1n) is 4.54. The van der Waals surface area contributed by atoms with Crippen LogP contribution in [-0.4, -0.2) is 26.9 Å². The molecular formula is C9H7ClN2O4S. The molecule has 1 fully saturated rings. The van der Waals surface area contributed by atoms with Gasteiger partial charge in [-0.3, -0.25) is 15.0 Å². The number of amides is 3. The zero-order chi connectivity index (χ0) is 12.6. The van der Waals surface area contributed by atoms with Crippen molar-refractivity contribution in [3.63, 3.8) is 0 Å². The van der Waals surface area contributed by atoms with Crippen molar-refractivity contribution in [2.45, 2.75) is 4.90 Å². The lowest BCUT2D eigenvalue weighted by Crippen LogP contribution is -2.28. The molecule has 2 rings (SSSR count). The lowest BCUT2D eigenvalue weighted by atomic mass is 10.3. The number of para-hydroxylation sites is 1. The molecule has 17 heavy (non-hydrogen) atoms. The van der Waals surface area contributed by atoms with E-state index < -0.39 is 21.0 Å². The van der Waals surface area contributed by atoms with Crippen LogP contribution in [-0.2, 0) is 13.8 Å². The molecule has 8 heteroatoms. The van der Waals surface area contributed by atoms with Gasteiger partial charge in [0.05, 0.1) is 5.69 Å². The molecular weight excluding hydrogens is 268 g/mol. The van der Waals surface area contributed by atoms with Gasteiger partial charge in [0.1, 0.15) is 11.4 Å². The predicted octanol–water partition coefficient (Wildman–Crippen LogP) is 0.670. The Kier molecular flexibility index (Phi) is 2.80. The van der Waals surface area contributed by atoms with E-state index in [0.29, 0.717) is 0 Å². The summed E-state index contributed by atoms with van der Waals surface area (Å²) in [6.45, 7) is -0.220.